The molecule has 0 aliphatic carbocycles. The standard InChI is InChI=1S/3C6H5.C5H9O.Sn/c3*1-2-4-6-5-3-1;1-3-4-5(2)6;/h3*1-5H;3-6H,1H2,2H3;/t;;;5-;/m...0./s1. The van der Waals surface area contributed by atoms with Gasteiger partial charge in [0.15, 0.2) is 0 Å². The summed E-state index contributed by atoms with van der Waals surface area (Å²) in [6, 6.07) is 32.2. The van der Waals surface area contributed by atoms with Crippen molar-refractivity contribution in [3.05, 3.63) is 104 Å². The second kappa shape index (κ2) is 8.03. The van der Waals surface area contributed by atoms with Gasteiger partial charge in [0.1, 0.15) is 0 Å². The van der Waals surface area contributed by atoms with Gasteiger partial charge in [-0.1, -0.05) is 0 Å². The molecule has 3 aromatic rings. The minimum absolute atomic E-state index is 0.0431. The quantitative estimate of drug-likeness (QED) is 0.467. The minimum atomic E-state index is -3.50. The van der Waals surface area contributed by atoms with Crippen LogP contribution in [0.15, 0.2) is 104 Å². The Kier molecular flexibility index (Phi) is 5.77. The van der Waals surface area contributed by atoms with E-state index >= 15 is 0 Å². The number of rotatable bonds is 6. The first-order valence-corrected chi connectivity index (χ1v) is 14.6. The van der Waals surface area contributed by atoms with E-state index in [-0.39, 0.29) is 3.93 Å². The summed E-state index contributed by atoms with van der Waals surface area (Å²) in [7, 11) is 0. The average Bonchev–Trinajstić information content (AvgIpc) is 2.68. The second-order valence-electron chi connectivity index (χ2n) is 6.41. The molecule has 0 bridgehead atoms. The monoisotopic (exact) mass is 436 g/mol. The first kappa shape index (κ1) is 18.0. The third-order valence-corrected chi connectivity index (χ3v) is 20.5. The van der Waals surface area contributed by atoms with Gasteiger partial charge in [-0.05, 0) is 0 Å². The number of aliphatic hydroxyl groups excluding tert-OH is 1. The summed E-state index contributed by atoms with van der Waals surface area (Å²) in [4.78, 5) is 0. The summed E-state index contributed by atoms with van der Waals surface area (Å²) >= 11 is -3.50. The van der Waals surface area contributed by atoms with Crippen LogP contribution < -0.4 is 10.7 Å². The fourth-order valence-corrected chi connectivity index (χ4v) is 19.3. The second-order valence-corrected chi connectivity index (χ2v) is 17.9. The molecule has 0 aromatic heterocycles. The van der Waals surface area contributed by atoms with Crippen LogP contribution >= 0.6 is 0 Å². The van der Waals surface area contributed by atoms with Crippen molar-refractivity contribution in [3.63, 3.8) is 0 Å². The van der Waals surface area contributed by atoms with Crippen LogP contribution in [-0.4, -0.2) is 29.6 Å². The van der Waals surface area contributed by atoms with Crippen molar-refractivity contribution in [2.75, 3.05) is 0 Å². The zero-order valence-electron chi connectivity index (χ0n) is 14.5. The Morgan fingerprint density at radius 1 is 0.720 bits per heavy atom. The molecule has 0 spiro atoms. The molecule has 0 saturated carbocycles. The summed E-state index contributed by atoms with van der Waals surface area (Å²) in [5, 5.41) is 10.7. The molecule has 1 nitrogen and oxygen atoms in total. The Morgan fingerprint density at radius 3 is 1.28 bits per heavy atom. The first-order chi connectivity index (χ1) is 12.2. The van der Waals surface area contributed by atoms with Crippen molar-refractivity contribution in [1.82, 2.24) is 0 Å². The zero-order valence-corrected chi connectivity index (χ0v) is 17.4. The summed E-state index contributed by atoms with van der Waals surface area (Å²) < 4.78 is 4.13. The van der Waals surface area contributed by atoms with Crippen LogP contribution in [0.5, 0.6) is 0 Å². The number of hydrogen-bond acceptors (Lipinski definition) is 1. The van der Waals surface area contributed by atoms with Crippen molar-refractivity contribution >= 4 is 29.1 Å². The molecule has 2 atom stereocenters. The molecular weight excluding hydrogens is 411 g/mol. The molecule has 0 aliphatic heterocycles. The SMILES string of the molecule is C=C[C@@H]([C@H](C)O)[Sn]([c]1ccccc1)([c]1ccccc1)[c]1ccccc1. The first-order valence-electron chi connectivity index (χ1n) is 8.68. The summed E-state index contributed by atoms with van der Waals surface area (Å²) in [5.41, 5.74) is 0. The van der Waals surface area contributed by atoms with Crippen LogP contribution in [0, 0.1) is 0 Å². The molecule has 2 heteroatoms. The predicted octanol–water partition coefficient (Wildman–Crippen LogP) is 3.09. The zero-order chi connectivity index (χ0) is 17.7. The van der Waals surface area contributed by atoms with Gasteiger partial charge in [-0.15, -0.1) is 0 Å². The van der Waals surface area contributed by atoms with Crippen LogP contribution in [0.4, 0.5) is 0 Å². The topological polar surface area (TPSA) is 20.2 Å². The van der Waals surface area contributed by atoms with Crippen molar-refractivity contribution in [1.29, 1.82) is 0 Å². The van der Waals surface area contributed by atoms with Crippen LogP contribution in [-0.2, 0) is 0 Å². The van der Waals surface area contributed by atoms with Gasteiger partial charge in [0, 0.05) is 0 Å². The van der Waals surface area contributed by atoms with Gasteiger partial charge >= 0.3 is 155 Å². The molecule has 126 valence electrons. The van der Waals surface area contributed by atoms with E-state index in [1.165, 1.54) is 10.7 Å². The van der Waals surface area contributed by atoms with Gasteiger partial charge < -0.3 is 0 Å². The van der Waals surface area contributed by atoms with Crippen molar-refractivity contribution < 1.29 is 5.11 Å². The molecule has 0 unspecified atom stereocenters. The van der Waals surface area contributed by atoms with Crippen molar-refractivity contribution in [2.45, 2.75) is 17.0 Å². The van der Waals surface area contributed by atoms with E-state index in [0.29, 0.717) is 0 Å². The Bertz CT molecular complexity index is 701. The summed E-state index contributed by atoms with van der Waals surface area (Å²) in [6.07, 6.45) is 1.53. The van der Waals surface area contributed by atoms with E-state index in [1.807, 2.05) is 13.0 Å². The van der Waals surface area contributed by atoms with Gasteiger partial charge in [-0.25, -0.2) is 0 Å². The molecule has 0 amide bonds. The molecule has 0 aliphatic rings. The van der Waals surface area contributed by atoms with E-state index in [0.717, 1.165) is 0 Å². The van der Waals surface area contributed by atoms with Gasteiger partial charge in [0.25, 0.3) is 0 Å². The Morgan fingerprint density at radius 2 is 1.04 bits per heavy atom. The summed E-state index contributed by atoms with van der Waals surface area (Å²) in [5.74, 6) is 0. The fourth-order valence-electron chi connectivity index (χ4n) is 3.92. The van der Waals surface area contributed by atoms with E-state index in [2.05, 4.69) is 97.6 Å². The van der Waals surface area contributed by atoms with Crippen LogP contribution in [0.1, 0.15) is 6.92 Å². The predicted molar refractivity (Wildman–Crippen MR) is 110 cm³/mol. The van der Waals surface area contributed by atoms with Crippen LogP contribution in [0.25, 0.3) is 0 Å². The molecule has 3 rings (SSSR count). The third-order valence-electron chi connectivity index (χ3n) is 4.96. The Balaban J connectivity index is 2.42. The summed E-state index contributed by atoms with van der Waals surface area (Å²) in [6.45, 7) is 6.01. The molecular formula is C23H24OSn. The molecule has 0 saturated heterocycles. The fraction of sp³-hybridized carbons (Fsp3) is 0.130. The van der Waals surface area contributed by atoms with E-state index < -0.39 is 24.5 Å². The van der Waals surface area contributed by atoms with Gasteiger partial charge in [-0.2, -0.15) is 0 Å². The third kappa shape index (κ3) is 3.31. The average molecular weight is 435 g/mol. The maximum atomic E-state index is 10.7. The van der Waals surface area contributed by atoms with Crippen molar-refractivity contribution in [3.8, 4) is 0 Å². The molecule has 0 radical (unpaired) electrons. The van der Waals surface area contributed by atoms with E-state index in [4.69, 9.17) is 0 Å². The van der Waals surface area contributed by atoms with Crippen molar-refractivity contribution in [2.24, 2.45) is 0 Å². The number of benzene rings is 3. The Hall–Kier alpha value is -1.84. The molecule has 0 heterocycles. The number of hydrogen-bond donors (Lipinski definition) is 1. The Labute approximate surface area is 154 Å². The number of aliphatic hydroxyl groups is 1. The molecule has 1 N–H and O–H groups in total. The van der Waals surface area contributed by atoms with Gasteiger partial charge in [0.2, 0.25) is 0 Å². The molecule has 25 heavy (non-hydrogen) atoms. The maximum absolute atomic E-state index is 10.7. The van der Waals surface area contributed by atoms with Crippen LogP contribution in [0.2, 0.25) is 3.93 Å². The molecule has 0 fully saturated rings. The van der Waals surface area contributed by atoms with Gasteiger partial charge in [0.05, 0.1) is 0 Å². The van der Waals surface area contributed by atoms with Crippen LogP contribution in [0.3, 0.4) is 0 Å². The van der Waals surface area contributed by atoms with Gasteiger partial charge in [-0.3, -0.25) is 0 Å². The molecule has 3 aromatic carbocycles. The normalized spacial score (nSPS) is 13.8. The van der Waals surface area contributed by atoms with E-state index in [1.54, 1.807) is 0 Å². The van der Waals surface area contributed by atoms with E-state index in [9.17, 15) is 5.11 Å².